The maximum atomic E-state index is 13.1. The molecule has 2 aromatic carbocycles. The molecule has 1 atom stereocenters. The van der Waals surface area contributed by atoms with Crippen molar-refractivity contribution in [1.82, 2.24) is 4.90 Å². The number of fused-ring (bicyclic) bond motifs is 1. The van der Waals surface area contributed by atoms with Crippen LogP contribution in [0.3, 0.4) is 0 Å². The highest BCUT2D eigenvalue weighted by atomic mass is 16.6. The third-order valence-corrected chi connectivity index (χ3v) is 5.62. The van der Waals surface area contributed by atoms with Crippen molar-refractivity contribution < 1.29 is 28.6 Å². The van der Waals surface area contributed by atoms with E-state index in [0.717, 1.165) is 11.1 Å². The molecular weight excluding hydrogens is 410 g/mol. The molecule has 162 valence electrons. The fourth-order valence-corrected chi connectivity index (χ4v) is 4.15. The van der Waals surface area contributed by atoms with Gasteiger partial charge in [0.1, 0.15) is 24.7 Å². The molecule has 1 fully saturated rings. The SMILES string of the molecule is Cc1cccc(C2/C(=C(/O)c3ccc4c(c3)OCCO4)C(=O)C(=O)N2Cc2ccco2)c1. The van der Waals surface area contributed by atoms with Gasteiger partial charge in [-0.2, -0.15) is 0 Å². The Labute approximate surface area is 184 Å². The summed E-state index contributed by atoms with van der Waals surface area (Å²) in [6, 6.07) is 15.2. The molecule has 1 N–H and O–H groups in total. The highest BCUT2D eigenvalue weighted by Gasteiger charge is 2.46. The van der Waals surface area contributed by atoms with Gasteiger partial charge in [0.2, 0.25) is 0 Å². The van der Waals surface area contributed by atoms with Crippen LogP contribution in [0.2, 0.25) is 0 Å². The molecule has 2 aliphatic heterocycles. The van der Waals surface area contributed by atoms with Crippen molar-refractivity contribution in [2.75, 3.05) is 13.2 Å². The number of nitrogens with zero attached hydrogens (tertiary/aromatic N) is 1. The fraction of sp³-hybridized carbons (Fsp3) is 0.200. The number of likely N-dealkylation sites (tertiary alicyclic amines) is 1. The summed E-state index contributed by atoms with van der Waals surface area (Å²) in [7, 11) is 0. The van der Waals surface area contributed by atoms with Gasteiger partial charge in [-0.15, -0.1) is 0 Å². The van der Waals surface area contributed by atoms with E-state index in [4.69, 9.17) is 13.9 Å². The Balaban J connectivity index is 1.64. The quantitative estimate of drug-likeness (QED) is 0.382. The second-order valence-electron chi connectivity index (χ2n) is 7.78. The normalized spacial score (nSPS) is 19.4. The average molecular weight is 431 g/mol. The summed E-state index contributed by atoms with van der Waals surface area (Å²) in [6.45, 7) is 2.88. The van der Waals surface area contributed by atoms with Gasteiger partial charge in [0.05, 0.1) is 24.4 Å². The molecular formula is C25H21NO6. The number of ketones is 1. The number of hydrogen-bond donors (Lipinski definition) is 1. The number of carbonyl (C=O) groups excluding carboxylic acids is 2. The van der Waals surface area contributed by atoms with E-state index in [0.29, 0.717) is 36.0 Å². The van der Waals surface area contributed by atoms with E-state index in [9.17, 15) is 14.7 Å². The zero-order valence-corrected chi connectivity index (χ0v) is 17.4. The van der Waals surface area contributed by atoms with E-state index >= 15 is 0 Å². The maximum absolute atomic E-state index is 13.1. The van der Waals surface area contributed by atoms with Gasteiger partial charge in [-0.05, 0) is 42.8 Å². The average Bonchev–Trinajstić information content (AvgIpc) is 3.41. The summed E-state index contributed by atoms with van der Waals surface area (Å²) in [5.74, 6) is -0.0846. The van der Waals surface area contributed by atoms with Gasteiger partial charge in [-0.1, -0.05) is 29.8 Å². The van der Waals surface area contributed by atoms with Gasteiger partial charge in [-0.3, -0.25) is 9.59 Å². The summed E-state index contributed by atoms with van der Waals surface area (Å²) < 4.78 is 16.6. The van der Waals surface area contributed by atoms with Crippen molar-refractivity contribution in [3.63, 3.8) is 0 Å². The molecule has 7 nitrogen and oxygen atoms in total. The molecule has 0 spiro atoms. The Morgan fingerprint density at radius 1 is 1.03 bits per heavy atom. The molecule has 3 aromatic rings. The number of aliphatic hydroxyl groups excluding tert-OH is 1. The molecule has 1 unspecified atom stereocenters. The number of benzene rings is 2. The van der Waals surface area contributed by atoms with Gasteiger partial charge in [-0.25, -0.2) is 0 Å². The van der Waals surface area contributed by atoms with Gasteiger partial charge in [0.25, 0.3) is 11.7 Å². The molecule has 0 saturated carbocycles. The van der Waals surface area contributed by atoms with Gasteiger partial charge >= 0.3 is 0 Å². The van der Waals surface area contributed by atoms with E-state index in [1.54, 1.807) is 30.3 Å². The molecule has 1 amide bonds. The van der Waals surface area contributed by atoms with Crippen molar-refractivity contribution in [2.45, 2.75) is 19.5 Å². The Morgan fingerprint density at radius 3 is 2.59 bits per heavy atom. The van der Waals surface area contributed by atoms with Gasteiger partial charge in [0.15, 0.2) is 11.5 Å². The first kappa shape index (κ1) is 19.9. The summed E-state index contributed by atoms with van der Waals surface area (Å²) in [5, 5.41) is 11.2. The number of carbonyl (C=O) groups is 2. The first-order valence-corrected chi connectivity index (χ1v) is 10.3. The van der Waals surface area contributed by atoms with E-state index in [1.807, 2.05) is 31.2 Å². The van der Waals surface area contributed by atoms with Crippen LogP contribution in [-0.2, 0) is 16.1 Å². The van der Waals surface area contributed by atoms with Crippen molar-refractivity contribution in [2.24, 2.45) is 0 Å². The van der Waals surface area contributed by atoms with Crippen molar-refractivity contribution in [1.29, 1.82) is 0 Å². The number of aliphatic hydroxyl groups is 1. The number of amides is 1. The van der Waals surface area contributed by atoms with E-state index < -0.39 is 17.7 Å². The molecule has 0 radical (unpaired) electrons. The Bertz CT molecular complexity index is 1230. The number of rotatable bonds is 4. The van der Waals surface area contributed by atoms with Gasteiger partial charge < -0.3 is 23.9 Å². The lowest BCUT2D eigenvalue weighted by Crippen LogP contribution is -2.29. The first-order valence-electron chi connectivity index (χ1n) is 10.3. The second-order valence-corrected chi connectivity index (χ2v) is 7.78. The molecule has 32 heavy (non-hydrogen) atoms. The van der Waals surface area contributed by atoms with E-state index in [1.165, 1.54) is 11.2 Å². The maximum Gasteiger partial charge on any atom is 0.296 e. The zero-order valence-electron chi connectivity index (χ0n) is 17.4. The van der Waals surface area contributed by atoms with Crippen LogP contribution in [0.5, 0.6) is 11.5 Å². The minimum absolute atomic E-state index is 0.0313. The number of furan rings is 1. The second kappa shape index (κ2) is 7.92. The first-order chi connectivity index (χ1) is 15.5. The van der Waals surface area contributed by atoms with E-state index in [-0.39, 0.29) is 17.9 Å². The van der Waals surface area contributed by atoms with Gasteiger partial charge in [0, 0.05) is 5.56 Å². The minimum Gasteiger partial charge on any atom is -0.507 e. The number of ether oxygens (including phenoxy) is 2. The topological polar surface area (TPSA) is 89.2 Å². The lowest BCUT2D eigenvalue weighted by atomic mass is 9.94. The van der Waals surface area contributed by atoms with Crippen LogP contribution < -0.4 is 9.47 Å². The smallest absolute Gasteiger partial charge is 0.296 e. The summed E-state index contributed by atoms with van der Waals surface area (Å²) in [6.07, 6.45) is 1.52. The fourth-order valence-electron chi connectivity index (χ4n) is 4.15. The van der Waals surface area contributed by atoms with Crippen molar-refractivity contribution >= 4 is 17.4 Å². The van der Waals surface area contributed by atoms with Crippen LogP contribution in [0.1, 0.15) is 28.5 Å². The van der Waals surface area contributed by atoms with E-state index in [2.05, 4.69) is 0 Å². The molecule has 3 heterocycles. The molecule has 1 saturated heterocycles. The largest absolute Gasteiger partial charge is 0.507 e. The van der Waals surface area contributed by atoms with Crippen molar-refractivity contribution in [3.8, 4) is 11.5 Å². The highest BCUT2D eigenvalue weighted by molar-refractivity contribution is 6.46. The lowest BCUT2D eigenvalue weighted by molar-refractivity contribution is -0.140. The zero-order chi connectivity index (χ0) is 22.2. The molecule has 1 aromatic heterocycles. The van der Waals surface area contributed by atoms with Crippen LogP contribution in [0.25, 0.3) is 5.76 Å². The number of aryl methyl sites for hydroxylation is 1. The number of hydrogen-bond acceptors (Lipinski definition) is 6. The summed E-state index contributed by atoms with van der Waals surface area (Å²) in [4.78, 5) is 27.6. The van der Waals surface area contributed by atoms with Crippen LogP contribution >= 0.6 is 0 Å². The molecule has 2 aliphatic rings. The summed E-state index contributed by atoms with van der Waals surface area (Å²) >= 11 is 0. The Kier molecular flexibility index (Phi) is 4.93. The lowest BCUT2D eigenvalue weighted by Gasteiger charge is -2.25. The monoisotopic (exact) mass is 431 g/mol. The molecule has 0 bridgehead atoms. The third-order valence-electron chi connectivity index (χ3n) is 5.62. The number of Topliss-reactive ketones (excluding diaryl/α,β-unsaturated/α-hetero) is 1. The Morgan fingerprint density at radius 2 is 1.84 bits per heavy atom. The summed E-state index contributed by atoms with van der Waals surface area (Å²) in [5.41, 5.74) is 2.12. The molecule has 0 aliphatic carbocycles. The predicted octanol–water partition coefficient (Wildman–Crippen LogP) is 3.98. The van der Waals surface area contributed by atoms with Crippen LogP contribution in [-0.4, -0.2) is 34.9 Å². The Hall–Kier alpha value is -4.00. The van der Waals surface area contributed by atoms with Crippen molar-refractivity contribution in [3.05, 3.63) is 88.9 Å². The highest BCUT2D eigenvalue weighted by Crippen LogP contribution is 2.42. The minimum atomic E-state index is -0.756. The molecule has 7 heteroatoms. The van der Waals surface area contributed by atoms with Crippen LogP contribution in [0, 0.1) is 6.92 Å². The van der Waals surface area contributed by atoms with Crippen LogP contribution in [0.15, 0.2) is 70.9 Å². The van der Waals surface area contributed by atoms with Crippen LogP contribution in [0.4, 0.5) is 0 Å². The molecule has 5 rings (SSSR count). The standard InChI is InChI=1S/C25H21NO6/c1-15-4-2-5-16(12-15)22-21(24(28)25(29)26(22)14-18-6-3-9-30-18)23(27)17-7-8-19-20(13-17)32-11-10-31-19/h2-9,12-13,22,27H,10-11,14H2,1H3/b23-21-. The predicted molar refractivity (Wildman–Crippen MR) is 115 cm³/mol. The third kappa shape index (κ3) is 3.41.